The van der Waals surface area contributed by atoms with E-state index < -0.39 is 0 Å². The number of rotatable bonds is 5. The van der Waals surface area contributed by atoms with Gasteiger partial charge in [-0.1, -0.05) is 46.9 Å². The zero-order valence-electron chi connectivity index (χ0n) is 13.9. The molecule has 5 nitrogen and oxygen atoms in total. The number of halogens is 3. The Hall–Kier alpha value is -1.50. The van der Waals surface area contributed by atoms with Crippen molar-refractivity contribution in [3.63, 3.8) is 0 Å². The van der Waals surface area contributed by atoms with Crippen molar-refractivity contribution in [2.75, 3.05) is 31.7 Å². The van der Waals surface area contributed by atoms with E-state index in [2.05, 4.69) is 15.8 Å². The molecule has 26 heavy (non-hydrogen) atoms. The fourth-order valence-corrected chi connectivity index (χ4v) is 3.54. The van der Waals surface area contributed by atoms with Gasteiger partial charge in [-0.3, -0.25) is 20.5 Å². The van der Waals surface area contributed by atoms with Crippen molar-refractivity contribution in [2.45, 2.75) is 6.54 Å². The Morgan fingerprint density at radius 3 is 2.27 bits per heavy atom. The van der Waals surface area contributed by atoms with Crippen molar-refractivity contribution in [2.24, 2.45) is 0 Å². The molecule has 0 aromatic heterocycles. The Morgan fingerprint density at radius 2 is 1.65 bits per heavy atom. The molecule has 0 bridgehead atoms. The van der Waals surface area contributed by atoms with Crippen molar-refractivity contribution in [1.82, 2.24) is 10.3 Å². The van der Waals surface area contributed by atoms with Crippen LogP contribution in [0, 0.1) is 0 Å². The molecule has 0 saturated carbocycles. The second-order valence-electron chi connectivity index (χ2n) is 5.91. The summed E-state index contributed by atoms with van der Waals surface area (Å²) in [5, 5.41) is 1.07. The van der Waals surface area contributed by atoms with Gasteiger partial charge >= 0.3 is 0 Å². The van der Waals surface area contributed by atoms with E-state index in [0.29, 0.717) is 26.3 Å². The lowest BCUT2D eigenvalue weighted by Crippen LogP contribution is -2.35. The lowest BCUT2D eigenvalue weighted by atomic mass is 10.1. The first-order valence-electron chi connectivity index (χ1n) is 8.13. The third kappa shape index (κ3) is 5.02. The normalized spacial score (nSPS) is 14.9. The molecule has 1 aliphatic rings. The number of hydrogen-bond donors (Lipinski definition) is 2. The molecular formula is C18H18Cl3N3O2. The highest BCUT2D eigenvalue weighted by molar-refractivity contribution is 6.41. The molecule has 2 N–H and O–H groups in total. The maximum Gasteiger partial charge on any atom is 0.269 e. The maximum atomic E-state index is 12.3. The molecule has 0 aliphatic carbocycles. The fourth-order valence-electron chi connectivity index (χ4n) is 2.63. The average Bonchev–Trinajstić information content (AvgIpc) is 2.62. The molecule has 138 valence electrons. The molecule has 1 amide bonds. The van der Waals surface area contributed by atoms with Gasteiger partial charge in [0.2, 0.25) is 0 Å². The van der Waals surface area contributed by atoms with Crippen LogP contribution in [0.1, 0.15) is 15.9 Å². The predicted molar refractivity (Wildman–Crippen MR) is 105 cm³/mol. The first-order chi connectivity index (χ1) is 12.5. The maximum absolute atomic E-state index is 12.3. The van der Waals surface area contributed by atoms with Crippen molar-refractivity contribution in [1.29, 1.82) is 0 Å². The SMILES string of the molecule is O=C(NNc1c(Cl)cc(Cl)cc1Cl)c1ccc(CN2CCOCC2)cc1. The van der Waals surface area contributed by atoms with Crippen LogP contribution in [0.5, 0.6) is 0 Å². The van der Waals surface area contributed by atoms with Gasteiger partial charge in [0.1, 0.15) is 0 Å². The van der Waals surface area contributed by atoms with Gasteiger partial charge in [-0.2, -0.15) is 0 Å². The molecule has 0 unspecified atom stereocenters. The summed E-state index contributed by atoms with van der Waals surface area (Å²) in [7, 11) is 0. The molecule has 0 radical (unpaired) electrons. The number of hydrazine groups is 1. The third-order valence-electron chi connectivity index (χ3n) is 4.03. The third-order valence-corrected chi connectivity index (χ3v) is 4.85. The van der Waals surface area contributed by atoms with Crippen molar-refractivity contribution < 1.29 is 9.53 Å². The van der Waals surface area contributed by atoms with E-state index in [-0.39, 0.29) is 5.91 Å². The van der Waals surface area contributed by atoms with E-state index >= 15 is 0 Å². The van der Waals surface area contributed by atoms with Gasteiger partial charge in [0.05, 0.1) is 28.9 Å². The van der Waals surface area contributed by atoms with Crippen LogP contribution in [0.25, 0.3) is 0 Å². The number of hydrogen-bond acceptors (Lipinski definition) is 4. The molecule has 1 saturated heterocycles. The van der Waals surface area contributed by atoms with Gasteiger partial charge in [-0.25, -0.2) is 0 Å². The number of benzene rings is 2. The van der Waals surface area contributed by atoms with Crippen LogP contribution in [0.4, 0.5) is 5.69 Å². The summed E-state index contributed by atoms with van der Waals surface area (Å²) in [6, 6.07) is 10.6. The minimum Gasteiger partial charge on any atom is -0.379 e. The second kappa shape index (κ2) is 8.93. The first kappa shape index (κ1) is 19.3. The molecule has 1 aliphatic heterocycles. The molecule has 1 heterocycles. The van der Waals surface area contributed by atoms with E-state index in [1.807, 2.05) is 12.1 Å². The Labute approximate surface area is 167 Å². The van der Waals surface area contributed by atoms with Crippen molar-refractivity contribution >= 4 is 46.4 Å². The summed E-state index contributed by atoms with van der Waals surface area (Å²) in [5.41, 5.74) is 7.42. The number of morpholine rings is 1. The molecule has 1 fully saturated rings. The van der Waals surface area contributed by atoms with Crippen LogP contribution in [0.2, 0.25) is 15.1 Å². The molecule has 2 aromatic carbocycles. The number of ether oxygens (including phenoxy) is 1. The van der Waals surface area contributed by atoms with Crippen LogP contribution < -0.4 is 10.9 Å². The smallest absolute Gasteiger partial charge is 0.269 e. The van der Waals surface area contributed by atoms with Crippen LogP contribution in [-0.4, -0.2) is 37.1 Å². The standard InChI is InChI=1S/C18H18Cl3N3O2/c19-14-9-15(20)17(16(21)10-14)22-23-18(25)13-3-1-12(2-4-13)11-24-5-7-26-8-6-24/h1-4,9-10,22H,5-8,11H2,(H,23,25). The molecule has 8 heteroatoms. The summed E-state index contributed by atoms with van der Waals surface area (Å²) < 4.78 is 5.35. The lowest BCUT2D eigenvalue weighted by molar-refractivity contribution is 0.0342. The largest absolute Gasteiger partial charge is 0.379 e. The minimum atomic E-state index is -0.287. The van der Waals surface area contributed by atoms with E-state index in [1.165, 1.54) is 0 Å². The second-order valence-corrected chi connectivity index (χ2v) is 7.16. The van der Waals surface area contributed by atoms with E-state index in [9.17, 15) is 4.79 Å². The lowest BCUT2D eigenvalue weighted by Gasteiger charge is -2.26. The van der Waals surface area contributed by atoms with E-state index in [1.54, 1.807) is 24.3 Å². The van der Waals surface area contributed by atoms with Gasteiger partial charge in [-0.05, 0) is 29.8 Å². The number of carbonyl (C=O) groups excluding carboxylic acids is 1. The molecule has 2 aromatic rings. The van der Waals surface area contributed by atoms with Crippen LogP contribution in [0.15, 0.2) is 36.4 Å². The first-order valence-corrected chi connectivity index (χ1v) is 9.26. The highest BCUT2D eigenvalue weighted by atomic mass is 35.5. The van der Waals surface area contributed by atoms with Gasteiger partial charge in [0, 0.05) is 30.2 Å². The molecule has 0 spiro atoms. The van der Waals surface area contributed by atoms with Crippen LogP contribution in [0.3, 0.4) is 0 Å². The Morgan fingerprint density at radius 1 is 1.04 bits per heavy atom. The topological polar surface area (TPSA) is 53.6 Å². The number of carbonyl (C=O) groups is 1. The van der Waals surface area contributed by atoms with Crippen molar-refractivity contribution in [3.8, 4) is 0 Å². The quantitative estimate of drug-likeness (QED) is 0.719. The van der Waals surface area contributed by atoms with Crippen molar-refractivity contribution in [3.05, 3.63) is 62.6 Å². The average molecular weight is 415 g/mol. The molecule has 3 rings (SSSR count). The zero-order valence-corrected chi connectivity index (χ0v) is 16.2. The van der Waals surface area contributed by atoms with E-state index in [0.717, 1.165) is 38.4 Å². The Kier molecular flexibility index (Phi) is 6.62. The summed E-state index contributed by atoms with van der Waals surface area (Å²) in [4.78, 5) is 14.6. The Bertz CT molecular complexity index is 755. The number of nitrogens with one attached hydrogen (secondary N) is 2. The van der Waals surface area contributed by atoms with Crippen LogP contribution >= 0.6 is 34.8 Å². The number of nitrogens with zero attached hydrogens (tertiary/aromatic N) is 1. The zero-order chi connectivity index (χ0) is 18.5. The summed E-state index contributed by atoms with van der Waals surface area (Å²) in [6.45, 7) is 4.23. The predicted octanol–water partition coefficient (Wildman–Crippen LogP) is 4.24. The Balaban J connectivity index is 1.58. The molecule has 0 atom stereocenters. The van der Waals surface area contributed by atoms with Gasteiger partial charge in [-0.15, -0.1) is 0 Å². The highest BCUT2D eigenvalue weighted by Crippen LogP contribution is 2.33. The number of anilines is 1. The van der Waals surface area contributed by atoms with Crippen LogP contribution in [-0.2, 0) is 11.3 Å². The monoisotopic (exact) mass is 413 g/mol. The fraction of sp³-hybridized carbons (Fsp3) is 0.278. The summed E-state index contributed by atoms with van der Waals surface area (Å²) in [5.74, 6) is -0.287. The molecular weight excluding hydrogens is 397 g/mol. The minimum absolute atomic E-state index is 0.287. The van der Waals surface area contributed by atoms with E-state index in [4.69, 9.17) is 39.5 Å². The van der Waals surface area contributed by atoms with Gasteiger partial charge < -0.3 is 4.74 Å². The highest BCUT2D eigenvalue weighted by Gasteiger charge is 2.12. The van der Waals surface area contributed by atoms with Gasteiger partial charge in [0.25, 0.3) is 5.91 Å². The summed E-state index contributed by atoms with van der Waals surface area (Å²) in [6.07, 6.45) is 0. The number of amides is 1. The summed E-state index contributed by atoms with van der Waals surface area (Å²) >= 11 is 18.0. The van der Waals surface area contributed by atoms with Gasteiger partial charge in [0.15, 0.2) is 0 Å².